The fourth-order valence-electron chi connectivity index (χ4n) is 2.86. The van der Waals surface area contributed by atoms with E-state index in [0.29, 0.717) is 24.5 Å². The Morgan fingerprint density at radius 1 is 1.31 bits per heavy atom. The van der Waals surface area contributed by atoms with E-state index < -0.39 is 0 Å². The first kappa shape index (κ1) is 12.1. The van der Waals surface area contributed by atoms with Crippen LogP contribution >= 0.6 is 12.4 Å². The predicted molar refractivity (Wildman–Crippen MR) is 62.6 cm³/mol. The van der Waals surface area contributed by atoms with Crippen LogP contribution in [0.4, 0.5) is 0 Å². The van der Waals surface area contributed by atoms with Crippen LogP contribution in [-0.4, -0.2) is 38.3 Å². The van der Waals surface area contributed by atoms with Gasteiger partial charge in [-0.15, -0.1) is 12.4 Å². The van der Waals surface area contributed by atoms with Crippen molar-refractivity contribution in [3.05, 3.63) is 0 Å². The Morgan fingerprint density at radius 2 is 2.06 bits per heavy atom. The van der Waals surface area contributed by atoms with Crippen molar-refractivity contribution in [2.24, 2.45) is 17.8 Å². The molecule has 2 saturated heterocycles. The highest BCUT2D eigenvalue weighted by Gasteiger charge is 2.53. The second kappa shape index (κ2) is 4.90. The van der Waals surface area contributed by atoms with Crippen LogP contribution in [0.5, 0.6) is 0 Å². The third-order valence-electron chi connectivity index (χ3n) is 3.93. The third-order valence-corrected chi connectivity index (χ3v) is 3.93. The third kappa shape index (κ3) is 2.19. The number of rotatable bonds is 2. The summed E-state index contributed by atoms with van der Waals surface area (Å²) in [5.74, 6) is 1.74. The molecule has 3 fully saturated rings. The molecule has 16 heavy (non-hydrogen) atoms. The van der Waals surface area contributed by atoms with Crippen molar-refractivity contribution in [2.45, 2.75) is 18.9 Å². The Bertz CT molecular complexity index is 259. The van der Waals surface area contributed by atoms with Gasteiger partial charge < -0.3 is 15.4 Å². The maximum atomic E-state index is 11.9. The molecule has 5 heteroatoms. The zero-order valence-corrected chi connectivity index (χ0v) is 10.1. The normalized spacial score (nSPS) is 40.8. The number of carbonyl (C=O) groups excluding carboxylic acids is 1. The van der Waals surface area contributed by atoms with Crippen LogP contribution in [0.25, 0.3) is 0 Å². The van der Waals surface area contributed by atoms with E-state index in [1.165, 1.54) is 0 Å². The molecule has 4 nitrogen and oxygen atoms in total. The molecule has 0 aromatic heterocycles. The predicted octanol–water partition coefficient (Wildman–Crippen LogP) is 0.169. The molecular formula is C11H19ClN2O2. The molecule has 0 radical (unpaired) electrons. The first-order valence-electron chi connectivity index (χ1n) is 5.95. The van der Waals surface area contributed by atoms with Crippen molar-refractivity contribution in [3.8, 4) is 0 Å². The number of amides is 1. The maximum Gasteiger partial charge on any atom is 0.225 e. The number of piperidine rings is 1. The molecule has 2 heterocycles. The summed E-state index contributed by atoms with van der Waals surface area (Å²) in [6.45, 7) is 3.60. The monoisotopic (exact) mass is 246 g/mol. The molecule has 3 aliphatic rings. The first-order valence-corrected chi connectivity index (χ1v) is 5.95. The van der Waals surface area contributed by atoms with Gasteiger partial charge in [-0.05, 0) is 24.7 Å². The molecule has 1 aliphatic carbocycles. The average Bonchev–Trinajstić information content (AvgIpc) is 2.75. The van der Waals surface area contributed by atoms with Crippen molar-refractivity contribution in [1.29, 1.82) is 0 Å². The lowest BCUT2D eigenvalue weighted by atomic mass is 10.0. The lowest BCUT2D eigenvalue weighted by Gasteiger charge is -2.21. The van der Waals surface area contributed by atoms with E-state index in [2.05, 4.69) is 10.6 Å². The molecular weight excluding hydrogens is 228 g/mol. The highest BCUT2D eigenvalue weighted by Crippen LogP contribution is 2.41. The van der Waals surface area contributed by atoms with Crippen molar-refractivity contribution in [3.63, 3.8) is 0 Å². The van der Waals surface area contributed by atoms with Gasteiger partial charge in [-0.2, -0.15) is 0 Å². The maximum absolute atomic E-state index is 11.9. The summed E-state index contributed by atoms with van der Waals surface area (Å²) in [5.41, 5.74) is 0. The molecule has 92 valence electrons. The van der Waals surface area contributed by atoms with E-state index in [4.69, 9.17) is 4.74 Å². The van der Waals surface area contributed by atoms with E-state index in [9.17, 15) is 4.79 Å². The molecule has 3 rings (SSSR count). The summed E-state index contributed by atoms with van der Waals surface area (Å²) in [6.07, 6.45) is 2.02. The van der Waals surface area contributed by atoms with Crippen molar-refractivity contribution < 1.29 is 9.53 Å². The summed E-state index contributed by atoms with van der Waals surface area (Å²) in [7, 11) is 0. The topological polar surface area (TPSA) is 50.4 Å². The van der Waals surface area contributed by atoms with Gasteiger partial charge in [0.25, 0.3) is 0 Å². The number of fused-ring (bicyclic) bond motifs is 1. The Kier molecular flexibility index (Phi) is 3.72. The Balaban J connectivity index is 0.000000963. The molecule has 0 aromatic rings. The highest BCUT2D eigenvalue weighted by atomic mass is 35.5. The molecule has 0 aromatic carbocycles. The van der Waals surface area contributed by atoms with Gasteiger partial charge in [0.1, 0.15) is 0 Å². The van der Waals surface area contributed by atoms with Gasteiger partial charge in [-0.1, -0.05) is 0 Å². The van der Waals surface area contributed by atoms with Gasteiger partial charge in [0.15, 0.2) is 0 Å². The van der Waals surface area contributed by atoms with Gasteiger partial charge >= 0.3 is 0 Å². The van der Waals surface area contributed by atoms with E-state index in [0.717, 1.165) is 32.5 Å². The lowest BCUT2D eigenvalue weighted by Crippen LogP contribution is -2.39. The van der Waals surface area contributed by atoms with Crippen LogP contribution in [-0.2, 0) is 9.53 Å². The quantitative estimate of drug-likeness (QED) is 0.730. The lowest BCUT2D eigenvalue weighted by molar-refractivity contribution is -0.129. The Morgan fingerprint density at radius 3 is 2.69 bits per heavy atom. The standard InChI is InChI=1S/C11H18N2O2.ClH/c14-11(7-2-1-3-15-6-7)13-10-8-4-12-5-9(8)10;/h7-10,12H,1-6H2,(H,13,14);1H. The van der Waals surface area contributed by atoms with Gasteiger partial charge in [0.05, 0.1) is 12.5 Å². The largest absolute Gasteiger partial charge is 0.381 e. The zero-order chi connectivity index (χ0) is 10.3. The van der Waals surface area contributed by atoms with Crippen molar-refractivity contribution >= 4 is 18.3 Å². The number of halogens is 1. The fourth-order valence-corrected chi connectivity index (χ4v) is 2.86. The van der Waals surface area contributed by atoms with Gasteiger partial charge in [-0.25, -0.2) is 0 Å². The average molecular weight is 247 g/mol. The van der Waals surface area contributed by atoms with Crippen LogP contribution in [0, 0.1) is 17.8 Å². The van der Waals surface area contributed by atoms with E-state index in [1.54, 1.807) is 0 Å². The van der Waals surface area contributed by atoms with Crippen LogP contribution in [0.3, 0.4) is 0 Å². The number of hydrogen-bond acceptors (Lipinski definition) is 3. The highest BCUT2D eigenvalue weighted by molar-refractivity contribution is 5.85. The molecule has 1 amide bonds. The minimum absolute atomic E-state index is 0. The number of hydrogen-bond donors (Lipinski definition) is 2. The Hall–Kier alpha value is -0.320. The first-order chi connectivity index (χ1) is 7.36. The van der Waals surface area contributed by atoms with Crippen molar-refractivity contribution in [2.75, 3.05) is 26.3 Å². The van der Waals surface area contributed by atoms with Crippen molar-refractivity contribution in [1.82, 2.24) is 10.6 Å². The summed E-state index contributed by atoms with van der Waals surface area (Å²) >= 11 is 0. The second-order valence-corrected chi connectivity index (χ2v) is 4.93. The van der Waals surface area contributed by atoms with Crippen LogP contribution in [0.2, 0.25) is 0 Å². The zero-order valence-electron chi connectivity index (χ0n) is 9.28. The van der Waals surface area contributed by atoms with Crippen LogP contribution in [0.1, 0.15) is 12.8 Å². The summed E-state index contributed by atoms with van der Waals surface area (Å²) in [4.78, 5) is 11.9. The summed E-state index contributed by atoms with van der Waals surface area (Å²) in [5, 5.41) is 6.50. The molecule has 1 saturated carbocycles. The van der Waals surface area contributed by atoms with E-state index in [1.807, 2.05) is 0 Å². The minimum atomic E-state index is 0. The summed E-state index contributed by atoms with van der Waals surface area (Å²) in [6, 6.07) is 0.459. The van der Waals surface area contributed by atoms with Crippen LogP contribution in [0.15, 0.2) is 0 Å². The molecule has 0 spiro atoms. The summed E-state index contributed by atoms with van der Waals surface area (Å²) < 4.78 is 5.33. The molecule has 0 bridgehead atoms. The molecule has 2 aliphatic heterocycles. The van der Waals surface area contributed by atoms with Gasteiger partial charge in [0.2, 0.25) is 5.91 Å². The SMILES string of the molecule is Cl.O=C(NC1C2CNCC21)C1CCCOC1. The minimum Gasteiger partial charge on any atom is -0.381 e. The number of ether oxygens (including phenoxy) is 1. The van der Waals surface area contributed by atoms with Gasteiger partial charge in [0, 0.05) is 25.7 Å². The number of nitrogens with one attached hydrogen (secondary N) is 2. The second-order valence-electron chi connectivity index (χ2n) is 4.93. The molecule has 2 N–H and O–H groups in total. The smallest absolute Gasteiger partial charge is 0.225 e. The van der Waals surface area contributed by atoms with Crippen LogP contribution < -0.4 is 10.6 Å². The van der Waals surface area contributed by atoms with Gasteiger partial charge in [-0.3, -0.25) is 4.79 Å². The van der Waals surface area contributed by atoms with E-state index >= 15 is 0 Å². The Labute approximate surface area is 102 Å². The molecule has 3 atom stereocenters. The fraction of sp³-hybridized carbons (Fsp3) is 0.909. The number of carbonyl (C=O) groups is 1. The molecule has 3 unspecified atom stereocenters. The van der Waals surface area contributed by atoms with E-state index in [-0.39, 0.29) is 24.2 Å².